The van der Waals surface area contributed by atoms with Crippen LogP contribution in [0.1, 0.15) is 6.92 Å². The number of rotatable bonds is 5. The third-order valence-electron chi connectivity index (χ3n) is 4.87. The molecule has 152 valence electrons. The second-order valence-electron chi connectivity index (χ2n) is 6.57. The van der Waals surface area contributed by atoms with Crippen molar-refractivity contribution in [2.45, 2.75) is 13.0 Å². The molecule has 0 bridgehead atoms. The molecular formula is C20H16N4O6. The van der Waals surface area contributed by atoms with E-state index in [-0.39, 0.29) is 23.7 Å². The van der Waals surface area contributed by atoms with E-state index in [1.54, 1.807) is 37.3 Å². The van der Waals surface area contributed by atoms with Crippen molar-refractivity contribution in [3.63, 3.8) is 0 Å². The molecule has 2 aromatic carbocycles. The number of imide groups is 1. The van der Waals surface area contributed by atoms with E-state index in [1.165, 1.54) is 29.3 Å². The lowest BCUT2D eigenvalue weighted by molar-refractivity contribution is -0.384. The number of anilines is 2. The number of hydrogen-bond acceptors (Lipinski definition) is 8. The number of ether oxygens (including phenoxy) is 1. The van der Waals surface area contributed by atoms with Gasteiger partial charge in [0.2, 0.25) is 5.91 Å². The Balaban J connectivity index is 1.83. The number of nitro benzene ring substituents is 1. The monoisotopic (exact) mass is 408 g/mol. The van der Waals surface area contributed by atoms with Crippen molar-refractivity contribution < 1.29 is 24.0 Å². The predicted molar refractivity (Wildman–Crippen MR) is 106 cm³/mol. The summed E-state index contributed by atoms with van der Waals surface area (Å²) >= 11 is 0. The second kappa shape index (κ2) is 7.39. The molecule has 30 heavy (non-hydrogen) atoms. The van der Waals surface area contributed by atoms with Crippen LogP contribution in [0.15, 0.2) is 59.7 Å². The molecule has 0 N–H and O–H groups in total. The number of nitrogens with zero attached hydrogens (tertiary/aromatic N) is 4. The van der Waals surface area contributed by atoms with Gasteiger partial charge in [-0.3, -0.25) is 24.7 Å². The zero-order valence-electron chi connectivity index (χ0n) is 15.8. The molecule has 4 rings (SSSR count). The van der Waals surface area contributed by atoms with E-state index in [0.29, 0.717) is 5.69 Å². The van der Waals surface area contributed by atoms with Crippen molar-refractivity contribution in [3.05, 3.63) is 64.7 Å². The SMILES string of the molecule is CCOC(=O)C1=NN(c2ccccc2)[C@H]2C(=O)N(c3ccccc3[N+](=O)[O-])C(=O)[C@H]12. The molecule has 0 aromatic heterocycles. The first kappa shape index (κ1) is 19.2. The average molecular weight is 408 g/mol. The van der Waals surface area contributed by atoms with Gasteiger partial charge >= 0.3 is 5.97 Å². The molecule has 1 fully saturated rings. The van der Waals surface area contributed by atoms with Crippen LogP contribution in [0.2, 0.25) is 0 Å². The summed E-state index contributed by atoms with van der Waals surface area (Å²) in [6.07, 6.45) is 0. The third kappa shape index (κ3) is 2.89. The lowest BCUT2D eigenvalue weighted by Gasteiger charge is -2.21. The number of carbonyl (C=O) groups is 3. The summed E-state index contributed by atoms with van der Waals surface area (Å²) in [5, 5.41) is 16.9. The molecule has 2 heterocycles. The summed E-state index contributed by atoms with van der Waals surface area (Å²) in [4.78, 5) is 50.5. The summed E-state index contributed by atoms with van der Waals surface area (Å²) in [5.74, 6) is -3.50. The molecule has 2 amide bonds. The Morgan fingerprint density at radius 2 is 1.77 bits per heavy atom. The Labute approximate surface area is 170 Å². The fourth-order valence-electron chi connectivity index (χ4n) is 3.63. The molecule has 2 aliphatic heterocycles. The molecule has 10 nitrogen and oxygen atoms in total. The first-order chi connectivity index (χ1) is 14.5. The van der Waals surface area contributed by atoms with Crippen LogP contribution in [0, 0.1) is 16.0 Å². The maximum Gasteiger partial charge on any atom is 0.355 e. The van der Waals surface area contributed by atoms with Crippen LogP contribution in [0.3, 0.4) is 0 Å². The number of fused-ring (bicyclic) bond motifs is 1. The van der Waals surface area contributed by atoms with Gasteiger partial charge in [-0.25, -0.2) is 9.69 Å². The maximum atomic E-state index is 13.3. The molecule has 0 aliphatic carbocycles. The fraction of sp³-hybridized carbons (Fsp3) is 0.200. The summed E-state index contributed by atoms with van der Waals surface area (Å²) < 4.78 is 5.02. The number of para-hydroxylation sites is 3. The number of esters is 1. The third-order valence-corrected chi connectivity index (χ3v) is 4.87. The van der Waals surface area contributed by atoms with Crippen LogP contribution >= 0.6 is 0 Å². The molecule has 0 unspecified atom stereocenters. The molecule has 10 heteroatoms. The minimum absolute atomic E-state index is 0.0661. The highest BCUT2D eigenvalue weighted by Crippen LogP contribution is 2.40. The number of nitro groups is 1. The highest BCUT2D eigenvalue weighted by Gasteiger charge is 2.59. The fourth-order valence-corrected chi connectivity index (χ4v) is 3.63. The number of amides is 2. The van der Waals surface area contributed by atoms with Gasteiger partial charge in [0.15, 0.2) is 5.71 Å². The first-order valence-corrected chi connectivity index (χ1v) is 9.16. The van der Waals surface area contributed by atoms with E-state index in [1.807, 2.05) is 0 Å². The highest BCUT2D eigenvalue weighted by molar-refractivity contribution is 6.47. The van der Waals surface area contributed by atoms with Crippen molar-refractivity contribution in [1.82, 2.24) is 0 Å². The van der Waals surface area contributed by atoms with E-state index >= 15 is 0 Å². The normalized spacial score (nSPS) is 20.2. The standard InChI is InChI=1S/C20H16N4O6/c1-2-30-20(27)16-15-17(23(21-16)12-8-4-3-5-9-12)19(26)22(18(15)25)13-10-6-7-11-14(13)24(28)29/h3-11,15,17H,2H2,1H3/t15-,17-/m1/s1. The maximum absolute atomic E-state index is 13.3. The van der Waals surface area contributed by atoms with Gasteiger partial charge in [0.1, 0.15) is 17.6 Å². The smallest absolute Gasteiger partial charge is 0.355 e. The summed E-state index contributed by atoms with van der Waals surface area (Å²) in [5.41, 5.74) is -0.245. The van der Waals surface area contributed by atoms with Gasteiger partial charge in [-0.2, -0.15) is 5.10 Å². The van der Waals surface area contributed by atoms with Crippen LogP contribution in [-0.2, 0) is 19.1 Å². The minimum atomic E-state index is -1.23. The number of hydrazone groups is 1. The van der Waals surface area contributed by atoms with Crippen molar-refractivity contribution >= 4 is 40.6 Å². The molecule has 0 radical (unpaired) electrons. The lowest BCUT2D eigenvalue weighted by Crippen LogP contribution is -2.39. The quantitative estimate of drug-likeness (QED) is 0.320. The summed E-state index contributed by atoms with van der Waals surface area (Å²) in [6.45, 7) is 1.68. The molecule has 0 saturated carbocycles. The molecular weight excluding hydrogens is 392 g/mol. The van der Waals surface area contributed by atoms with Gasteiger partial charge in [-0.15, -0.1) is 0 Å². The largest absolute Gasteiger partial charge is 0.461 e. The van der Waals surface area contributed by atoms with Gasteiger partial charge in [0.05, 0.1) is 17.2 Å². The van der Waals surface area contributed by atoms with Crippen LogP contribution in [0.25, 0.3) is 0 Å². The van der Waals surface area contributed by atoms with Gasteiger partial charge in [0.25, 0.3) is 11.6 Å². The highest BCUT2D eigenvalue weighted by atomic mass is 16.6. The predicted octanol–water partition coefficient (Wildman–Crippen LogP) is 1.89. The van der Waals surface area contributed by atoms with E-state index in [0.717, 1.165) is 4.90 Å². The van der Waals surface area contributed by atoms with Gasteiger partial charge in [-0.05, 0) is 25.1 Å². The Kier molecular flexibility index (Phi) is 4.74. The van der Waals surface area contributed by atoms with E-state index in [4.69, 9.17) is 4.74 Å². The number of benzene rings is 2. The number of hydrogen-bond donors (Lipinski definition) is 0. The van der Waals surface area contributed by atoms with Crippen molar-refractivity contribution in [2.24, 2.45) is 11.0 Å². The Morgan fingerprint density at radius 1 is 1.10 bits per heavy atom. The summed E-state index contributed by atoms with van der Waals surface area (Å²) in [6, 6.07) is 12.9. The molecule has 2 aromatic rings. The van der Waals surface area contributed by atoms with Crippen molar-refractivity contribution in [1.29, 1.82) is 0 Å². The van der Waals surface area contributed by atoms with Gasteiger partial charge < -0.3 is 4.74 Å². The zero-order chi connectivity index (χ0) is 21.4. The van der Waals surface area contributed by atoms with E-state index in [9.17, 15) is 24.5 Å². The van der Waals surface area contributed by atoms with Crippen LogP contribution < -0.4 is 9.91 Å². The zero-order valence-corrected chi connectivity index (χ0v) is 15.8. The molecule has 2 atom stereocenters. The van der Waals surface area contributed by atoms with Crippen LogP contribution in [-0.4, -0.2) is 41.1 Å². The molecule has 1 saturated heterocycles. The average Bonchev–Trinajstić information content (AvgIpc) is 3.26. The second-order valence-corrected chi connectivity index (χ2v) is 6.57. The van der Waals surface area contributed by atoms with Gasteiger partial charge in [0, 0.05) is 6.07 Å². The Bertz CT molecular complexity index is 1080. The van der Waals surface area contributed by atoms with E-state index < -0.39 is 34.7 Å². The minimum Gasteiger partial charge on any atom is -0.461 e. The summed E-state index contributed by atoms with van der Waals surface area (Å²) in [7, 11) is 0. The molecule has 2 aliphatic rings. The van der Waals surface area contributed by atoms with Crippen LogP contribution in [0.5, 0.6) is 0 Å². The lowest BCUT2D eigenvalue weighted by atomic mass is 9.98. The Morgan fingerprint density at radius 3 is 2.43 bits per heavy atom. The Hall–Kier alpha value is -4.08. The first-order valence-electron chi connectivity index (χ1n) is 9.16. The van der Waals surface area contributed by atoms with Crippen LogP contribution in [0.4, 0.5) is 17.1 Å². The molecule has 0 spiro atoms. The van der Waals surface area contributed by atoms with Crippen molar-refractivity contribution in [2.75, 3.05) is 16.5 Å². The van der Waals surface area contributed by atoms with Gasteiger partial charge in [-0.1, -0.05) is 30.3 Å². The van der Waals surface area contributed by atoms with E-state index in [2.05, 4.69) is 5.10 Å². The van der Waals surface area contributed by atoms with Crippen molar-refractivity contribution in [3.8, 4) is 0 Å². The number of carbonyl (C=O) groups excluding carboxylic acids is 3. The topological polar surface area (TPSA) is 122 Å².